The normalized spacial score (nSPS) is 15.8. The summed E-state index contributed by atoms with van der Waals surface area (Å²) < 4.78 is 5.27. The molecule has 0 fully saturated rings. The van der Waals surface area contributed by atoms with Crippen molar-refractivity contribution in [3.05, 3.63) is 70.9 Å². The summed E-state index contributed by atoms with van der Waals surface area (Å²) in [6.45, 7) is 4.95. The van der Waals surface area contributed by atoms with Crippen LogP contribution in [0.1, 0.15) is 53.0 Å². The zero-order valence-corrected chi connectivity index (χ0v) is 16.5. The molecule has 1 aromatic heterocycles. The van der Waals surface area contributed by atoms with Gasteiger partial charge in [-0.25, -0.2) is 0 Å². The number of carbonyl (C=O) groups is 1. The van der Waals surface area contributed by atoms with Crippen molar-refractivity contribution in [2.24, 2.45) is 0 Å². The molecule has 28 heavy (non-hydrogen) atoms. The van der Waals surface area contributed by atoms with Crippen LogP contribution in [-0.2, 0) is 0 Å². The molecular weight excluding hydrogens is 350 g/mol. The second-order valence-electron chi connectivity index (χ2n) is 7.25. The molecule has 1 N–H and O–H groups in total. The van der Waals surface area contributed by atoms with Crippen LogP contribution in [0.2, 0.25) is 0 Å². The standard InChI is InChI=1S/C23H25N3O2/c1-4-5-14-26-22(17-8-6-15(2)7-9-17)19-20(24-25-21(19)23(26)27)16-10-12-18(28-3)13-11-16/h6-13,22H,4-5,14H2,1-3H3,(H,24,25). The second kappa shape index (κ2) is 7.50. The van der Waals surface area contributed by atoms with Crippen LogP contribution in [0.15, 0.2) is 48.5 Å². The quantitative estimate of drug-likeness (QED) is 0.677. The van der Waals surface area contributed by atoms with E-state index >= 15 is 0 Å². The number of hydrogen-bond acceptors (Lipinski definition) is 3. The van der Waals surface area contributed by atoms with Gasteiger partial charge in [-0.05, 0) is 43.2 Å². The van der Waals surface area contributed by atoms with Crippen LogP contribution < -0.4 is 4.74 Å². The van der Waals surface area contributed by atoms with Gasteiger partial charge in [0.05, 0.1) is 18.8 Å². The number of amides is 1. The van der Waals surface area contributed by atoms with E-state index in [1.54, 1.807) is 7.11 Å². The molecule has 0 radical (unpaired) electrons. The molecule has 4 rings (SSSR count). The first-order valence-corrected chi connectivity index (χ1v) is 9.74. The first-order chi connectivity index (χ1) is 13.6. The first-order valence-electron chi connectivity index (χ1n) is 9.74. The fraction of sp³-hybridized carbons (Fsp3) is 0.304. The fourth-order valence-corrected chi connectivity index (χ4v) is 3.82. The number of benzene rings is 2. The van der Waals surface area contributed by atoms with Gasteiger partial charge in [-0.15, -0.1) is 0 Å². The molecule has 1 aliphatic rings. The molecule has 144 valence electrons. The van der Waals surface area contributed by atoms with Gasteiger partial charge in [-0.1, -0.05) is 43.2 Å². The molecule has 0 spiro atoms. The highest BCUT2D eigenvalue weighted by Crippen LogP contribution is 2.43. The van der Waals surface area contributed by atoms with Crippen molar-refractivity contribution in [3.63, 3.8) is 0 Å². The van der Waals surface area contributed by atoms with E-state index in [-0.39, 0.29) is 11.9 Å². The van der Waals surface area contributed by atoms with Gasteiger partial charge in [-0.2, -0.15) is 5.10 Å². The number of aromatic amines is 1. The van der Waals surface area contributed by atoms with Gasteiger partial charge in [-0.3, -0.25) is 9.89 Å². The molecule has 1 aliphatic heterocycles. The minimum absolute atomic E-state index is 0.0290. The Morgan fingerprint density at radius 3 is 2.46 bits per heavy atom. The molecule has 1 amide bonds. The zero-order chi connectivity index (χ0) is 19.7. The molecule has 0 saturated heterocycles. The Morgan fingerprint density at radius 1 is 1.11 bits per heavy atom. The summed E-state index contributed by atoms with van der Waals surface area (Å²) in [6, 6.07) is 16.1. The fourth-order valence-electron chi connectivity index (χ4n) is 3.82. The average molecular weight is 375 g/mol. The number of rotatable bonds is 6. The first kappa shape index (κ1) is 18.3. The van der Waals surface area contributed by atoms with Gasteiger partial charge < -0.3 is 9.64 Å². The number of unbranched alkanes of at least 4 members (excludes halogenated alkanes) is 1. The van der Waals surface area contributed by atoms with Crippen LogP contribution in [0.5, 0.6) is 5.75 Å². The van der Waals surface area contributed by atoms with E-state index in [0.29, 0.717) is 5.69 Å². The Bertz CT molecular complexity index is 974. The summed E-state index contributed by atoms with van der Waals surface area (Å²) in [5.41, 5.74) is 5.69. The maximum absolute atomic E-state index is 13.1. The summed E-state index contributed by atoms with van der Waals surface area (Å²) in [5, 5.41) is 7.52. The third-order valence-corrected chi connectivity index (χ3v) is 5.37. The summed E-state index contributed by atoms with van der Waals surface area (Å²) in [5.74, 6) is 0.827. The molecule has 0 bridgehead atoms. The number of hydrogen-bond donors (Lipinski definition) is 1. The molecule has 3 aromatic rings. The monoisotopic (exact) mass is 375 g/mol. The van der Waals surface area contributed by atoms with Crippen LogP contribution in [0.25, 0.3) is 11.3 Å². The maximum Gasteiger partial charge on any atom is 0.273 e. The Balaban J connectivity index is 1.82. The topological polar surface area (TPSA) is 58.2 Å². The van der Waals surface area contributed by atoms with E-state index in [2.05, 4.69) is 48.3 Å². The van der Waals surface area contributed by atoms with E-state index in [9.17, 15) is 4.79 Å². The van der Waals surface area contributed by atoms with Crippen molar-refractivity contribution in [2.75, 3.05) is 13.7 Å². The van der Waals surface area contributed by atoms with E-state index in [0.717, 1.165) is 47.5 Å². The number of carbonyl (C=O) groups excluding carboxylic acids is 1. The van der Waals surface area contributed by atoms with E-state index in [1.807, 2.05) is 29.2 Å². The highest BCUT2D eigenvalue weighted by molar-refractivity contribution is 6.00. The summed E-state index contributed by atoms with van der Waals surface area (Å²) >= 11 is 0. The molecule has 2 heterocycles. The van der Waals surface area contributed by atoms with Crippen LogP contribution in [0, 0.1) is 6.92 Å². The highest BCUT2D eigenvalue weighted by atomic mass is 16.5. The largest absolute Gasteiger partial charge is 0.497 e. The maximum atomic E-state index is 13.1. The van der Waals surface area contributed by atoms with E-state index in [4.69, 9.17) is 4.74 Å². The number of nitrogens with zero attached hydrogens (tertiary/aromatic N) is 2. The van der Waals surface area contributed by atoms with Crippen LogP contribution >= 0.6 is 0 Å². The van der Waals surface area contributed by atoms with Gasteiger partial charge >= 0.3 is 0 Å². The third-order valence-electron chi connectivity index (χ3n) is 5.37. The molecule has 0 saturated carbocycles. The van der Waals surface area contributed by atoms with Crippen molar-refractivity contribution < 1.29 is 9.53 Å². The third kappa shape index (κ3) is 3.07. The van der Waals surface area contributed by atoms with Gasteiger partial charge in [0.25, 0.3) is 5.91 Å². The number of ether oxygens (including phenoxy) is 1. The van der Waals surface area contributed by atoms with Gasteiger partial charge in [0.15, 0.2) is 0 Å². The molecule has 5 heteroatoms. The number of methoxy groups -OCH3 is 1. The molecular formula is C23H25N3O2. The number of fused-ring (bicyclic) bond motifs is 1. The lowest BCUT2D eigenvalue weighted by Gasteiger charge is -2.26. The van der Waals surface area contributed by atoms with Crippen molar-refractivity contribution in [2.45, 2.75) is 32.7 Å². The molecule has 5 nitrogen and oxygen atoms in total. The number of nitrogens with one attached hydrogen (secondary N) is 1. The summed E-state index contributed by atoms with van der Waals surface area (Å²) in [6.07, 6.45) is 2.02. The van der Waals surface area contributed by atoms with Crippen molar-refractivity contribution in [1.29, 1.82) is 0 Å². The Hall–Kier alpha value is -3.08. The minimum atomic E-state index is -0.120. The SMILES string of the molecule is CCCCN1C(=O)c2[nH]nc(-c3ccc(OC)cc3)c2C1c1ccc(C)cc1. The van der Waals surface area contributed by atoms with Crippen LogP contribution in [-0.4, -0.2) is 34.7 Å². The zero-order valence-electron chi connectivity index (χ0n) is 16.5. The van der Waals surface area contributed by atoms with Crippen LogP contribution in [0.3, 0.4) is 0 Å². The lowest BCUT2D eigenvalue weighted by Crippen LogP contribution is -2.30. The highest BCUT2D eigenvalue weighted by Gasteiger charge is 2.41. The molecule has 1 atom stereocenters. The van der Waals surface area contributed by atoms with Gasteiger partial charge in [0, 0.05) is 17.7 Å². The second-order valence-corrected chi connectivity index (χ2v) is 7.25. The molecule has 2 aromatic carbocycles. The molecule has 1 unspecified atom stereocenters. The summed E-state index contributed by atoms with van der Waals surface area (Å²) in [7, 11) is 1.65. The Kier molecular flexibility index (Phi) is 4.90. The van der Waals surface area contributed by atoms with Crippen LogP contribution in [0.4, 0.5) is 0 Å². The van der Waals surface area contributed by atoms with E-state index in [1.165, 1.54) is 5.56 Å². The Morgan fingerprint density at radius 2 is 1.82 bits per heavy atom. The molecule has 0 aliphatic carbocycles. The van der Waals surface area contributed by atoms with E-state index < -0.39 is 0 Å². The van der Waals surface area contributed by atoms with Gasteiger partial charge in [0.1, 0.15) is 11.4 Å². The minimum Gasteiger partial charge on any atom is -0.497 e. The predicted molar refractivity (Wildman–Crippen MR) is 110 cm³/mol. The lowest BCUT2D eigenvalue weighted by molar-refractivity contribution is 0.0741. The summed E-state index contributed by atoms with van der Waals surface area (Å²) in [4.78, 5) is 15.1. The Labute approximate surface area is 165 Å². The van der Waals surface area contributed by atoms with Crippen molar-refractivity contribution in [1.82, 2.24) is 15.1 Å². The van der Waals surface area contributed by atoms with Crippen molar-refractivity contribution >= 4 is 5.91 Å². The van der Waals surface area contributed by atoms with Gasteiger partial charge in [0.2, 0.25) is 0 Å². The predicted octanol–water partition coefficient (Wildman–Crippen LogP) is 4.74. The lowest BCUT2D eigenvalue weighted by atomic mass is 9.95. The number of aromatic nitrogens is 2. The number of H-pyrrole nitrogens is 1. The average Bonchev–Trinajstić information content (AvgIpc) is 3.26. The smallest absolute Gasteiger partial charge is 0.273 e. The number of aryl methyl sites for hydroxylation is 1. The van der Waals surface area contributed by atoms with Crippen molar-refractivity contribution in [3.8, 4) is 17.0 Å².